The molecular formula is C9H15BrO. The molecule has 0 aromatic carbocycles. The second kappa shape index (κ2) is 2.74. The van der Waals surface area contributed by atoms with Crippen molar-refractivity contribution < 1.29 is 4.74 Å². The SMILES string of the molecule is CC1(CBr)CCC(C2CC2)O1. The summed E-state index contributed by atoms with van der Waals surface area (Å²) in [5, 5.41) is 0.989. The van der Waals surface area contributed by atoms with E-state index in [0.29, 0.717) is 6.10 Å². The molecule has 0 N–H and O–H groups in total. The summed E-state index contributed by atoms with van der Waals surface area (Å²) < 4.78 is 5.98. The van der Waals surface area contributed by atoms with Gasteiger partial charge in [-0.1, -0.05) is 15.9 Å². The highest BCUT2D eigenvalue weighted by Crippen LogP contribution is 2.43. The van der Waals surface area contributed by atoms with Crippen LogP contribution in [0.25, 0.3) is 0 Å². The van der Waals surface area contributed by atoms with Gasteiger partial charge < -0.3 is 4.74 Å². The lowest BCUT2D eigenvalue weighted by Crippen LogP contribution is -2.27. The maximum atomic E-state index is 5.98. The quantitative estimate of drug-likeness (QED) is 0.649. The van der Waals surface area contributed by atoms with Crippen LogP contribution in [0.1, 0.15) is 32.6 Å². The van der Waals surface area contributed by atoms with E-state index >= 15 is 0 Å². The lowest BCUT2D eigenvalue weighted by molar-refractivity contribution is -0.0202. The monoisotopic (exact) mass is 218 g/mol. The first-order valence-electron chi connectivity index (χ1n) is 4.47. The molecule has 0 aromatic rings. The van der Waals surface area contributed by atoms with Crippen LogP contribution < -0.4 is 0 Å². The van der Waals surface area contributed by atoms with Crippen LogP contribution in [-0.4, -0.2) is 17.0 Å². The molecule has 1 saturated heterocycles. The van der Waals surface area contributed by atoms with Gasteiger partial charge in [0.1, 0.15) is 0 Å². The lowest BCUT2D eigenvalue weighted by Gasteiger charge is -2.21. The van der Waals surface area contributed by atoms with Gasteiger partial charge in [0.2, 0.25) is 0 Å². The number of rotatable bonds is 2. The molecule has 64 valence electrons. The Kier molecular flexibility index (Phi) is 2.00. The fourth-order valence-corrected chi connectivity index (χ4v) is 2.24. The lowest BCUT2D eigenvalue weighted by atomic mass is 10.0. The molecule has 2 aliphatic rings. The van der Waals surface area contributed by atoms with Crippen molar-refractivity contribution in [2.24, 2.45) is 5.92 Å². The molecule has 1 aliphatic carbocycles. The summed E-state index contributed by atoms with van der Waals surface area (Å²) in [6.07, 6.45) is 5.93. The number of ether oxygens (including phenoxy) is 1. The van der Waals surface area contributed by atoms with Gasteiger partial charge in [-0.3, -0.25) is 0 Å². The fourth-order valence-electron chi connectivity index (χ4n) is 1.83. The van der Waals surface area contributed by atoms with Crippen molar-refractivity contribution in [3.05, 3.63) is 0 Å². The number of alkyl halides is 1. The molecule has 2 unspecified atom stereocenters. The van der Waals surface area contributed by atoms with Crippen molar-refractivity contribution >= 4 is 15.9 Å². The Balaban J connectivity index is 1.91. The topological polar surface area (TPSA) is 9.23 Å². The third kappa shape index (κ3) is 1.62. The van der Waals surface area contributed by atoms with E-state index in [1.807, 2.05) is 0 Å². The molecule has 0 spiro atoms. The average molecular weight is 219 g/mol. The molecule has 2 atom stereocenters. The molecular weight excluding hydrogens is 204 g/mol. The Labute approximate surface area is 76.6 Å². The standard InChI is InChI=1S/C9H15BrO/c1-9(6-10)5-4-8(11-9)7-2-3-7/h7-8H,2-6H2,1H3. The summed E-state index contributed by atoms with van der Waals surface area (Å²) in [5.74, 6) is 0.913. The normalized spacial score (nSPS) is 44.7. The summed E-state index contributed by atoms with van der Waals surface area (Å²) in [6, 6.07) is 0. The summed E-state index contributed by atoms with van der Waals surface area (Å²) in [4.78, 5) is 0. The summed E-state index contributed by atoms with van der Waals surface area (Å²) in [7, 11) is 0. The van der Waals surface area contributed by atoms with Crippen LogP contribution in [0.3, 0.4) is 0 Å². The highest BCUT2D eigenvalue weighted by atomic mass is 79.9. The number of halogens is 1. The van der Waals surface area contributed by atoms with Crippen LogP contribution in [0, 0.1) is 5.92 Å². The van der Waals surface area contributed by atoms with Gasteiger partial charge in [-0.25, -0.2) is 0 Å². The van der Waals surface area contributed by atoms with E-state index < -0.39 is 0 Å². The van der Waals surface area contributed by atoms with E-state index in [-0.39, 0.29) is 5.60 Å². The van der Waals surface area contributed by atoms with Crippen LogP contribution in [0.2, 0.25) is 0 Å². The average Bonchev–Trinajstić information content (AvgIpc) is 2.77. The summed E-state index contributed by atoms with van der Waals surface area (Å²) >= 11 is 3.50. The first-order valence-corrected chi connectivity index (χ1v) is 5.59. The second-order valence-electron chi connectivity index (χ2n) is 4.12. The third-order valence-electron chi connectivity index (χ3n) is 2.82. The van der Waals surface area contributed by atoms with Crippen molar-refractivity contribution in [3.63, 3.8) is 0 Å². The van der Waals surface area contributed by atoms with Crippen LogP contribution in [-0.2, 0) is 4.74 Å². The third-order valence-corrected chi connectivity index (χ3v) is 4.01. The predicted octanol–water partition coefficient (Wildman–Crippen LogP) is 2.73. The molecule has 1 saturated carbocycles. The zero-order valence-corrected chi connectivity index (χ0v) is 8.56. The maximum absolute atomic E-state index is 5.98. The van der Waals surface area contributed by atoms with E-state index in [4.69, 9.17) is 4.74 Å². The van der Waals surface area contributed by atoms with Crippen molar-refractivity contribution in [2.45, 2.75) is 44.3 Å². The summed E-state index contributed by atoms with van der Waals surface area (Å²) in [6.45, 7) is 2.21. The van der Waals surface area contributed by atoms with E-state index in [9.17, 15) is 0 Å². The molecule has 0 radical (unpaired) electrons. The minimum absolute atomic E-state index is 0.146. The van der Waals surface area contributed by atoms with E-state index in [2.05, 4.69) is 22.9 Å². The second-order valence-corrected chi connectivity index (χ2v) is 4.68. The van der Waals surface area contributed by atoms with E-state index in [1.54, 1.807) is 0 Å². The minimum Gasteiger partial charge on any atom is -0.371 e. The minimum atomic E-state index is 0.146. The first-order chi connectivity index (χ1) is 5.23. The van der Waals surface area contributed by atoms with Crippen LogP contribution in [0.15, 0.2) is 0 Å². The Hall–Kier alpha value is 0.440. The molecule has 0 aromatic heterocycles. The summed E-state index contributed by atoms with van der Waals surface area (Å²) in [5.41, 5.74) is 0.146. The van der Waals surface area contributed by atoms with Crippen LogP contribution in [0.4, 0.5) is 0 Å². The molecule has 1 heterocycles. The Bertz CT molecular complexity index is 156. The zero-order valence-electron chi connectivity index (χ0n) is 6.98. The predicted molar refractivity (Wildman–Crippen MR) is 49.0 cm³/mol. The van der Waals surface area contributed by atoms with Gasteiger partial charge in [-0.2, -0.15) is 0 Å². The molecule has 11 heavy (non-hydrogen) atoms. The Morgan fingerprint density at radius 3 is 2.64 bits per heavy atom. The van der Waals surface area contributed by atoms with Crippen LogP contribution in [0.5, 0.6) is 0 Å². The molecule has 1 aliphatic heterocycles. The van der Waals surface area contributed by atoms with Gasteiger partial charge in [-0.05, 0) is 38.5 Å². The Morgan fingerprint density at radius 2 is 2.18 bits per heavy atom. The molecule has 0 amide bonds. The smallest absolute Gasteiger partial charge is 0.0755 e. The highest BCUT2D eigenvalue weighted by molar-refractivity contribution is 9.09. The van der Waals surface area contributed by atoms with Gasteiger partial charge in [0.15, 0.2) is 0 Å². The number of hydrogen-bond donors (Lipinski definition) is 0. The van der Waals surface area contributed by atoms with Gasteiger partial charge >= 0.3 is 0 Å². The fraction of sp³-hybridized carbons (Fsp3) is 1.00. The molecule has 0 bridgehead atoms. The van der Waals surface area contributed by atoms with Crippen molar-refractivity contribution in [2.75, 3.05) is 5.33 Å². The van der Waals surface area contributed by atoms with Gasteiger partial charge in [0.05, 0.1) is 11.7 Å². The van der Waals surface area contributed by atoms with E-state index in [0.717, 1.165) is 11.2 Å². The van der Waals surface area contributed by atoms with Gasteiger partial charge in [0, 0.05) is 5.33 Å². The van der Waals surface area contributed by atoms with Gasteiger partial charge in [0.25, 0.3) is 0 Å². The first kappa shape index (κ1) is 8.06. The number of hydrogen-bond acceptors (Lipinski definition) is 1. The van der Waals surface area contributed by atoms with Gasteiger partial charge in [-0.15, -0.1) is 0 Å². The molecule has 2 rings (SSSR count). The molecule has 1 nitrogen and oxygen atoms in total. The Morgan fingerprint density at radius 1 is 1.45 bits per heavy atom. The largest absolute Gasteiger partial charge is 0.371 e. The zero-order chi connectivity index (χ0) is 7.90. The van der Waals surface area contributed by atoms with Crippen molar-refractivity contribution in [1.82, 2.24) is 0 Å². The van der Waals surface area contributed by atoms with E-state index in [1.165, 1.54) is 25.7 Å². The van der Waals surface area contributed by atoms with Crippen molar-refractivity contribution in [3.8, 4) is 0 Å². The van der Waals surface area contributed by atoms with Crippen LogP contribution >= 0.6 is 15.9 Å². The maximum Gasteiger partial charge on any atom is 0.0755 e. The molecule has 2 heteroatoms. The highest BCUT2D eigenvalue weighted by Gasteiger charge is 2.42. The van der Waals surface area contributed by atoms with Crippen molar-refractivity contribution in [1.29, 1.82) is 0 Å². The molecule has 2 fully saturated rings.